The van der Waals surface area contributed by atoms with Crippen LogP contribution in [0.15, 0.2) is 114 Å². The van der Waals surface area contributed by atoms with Crippen LogP contribution in [0.4, 0.5) is 4.79 Å². The monoisotopic (exact) mass is 766 g/mol. The lowest BCUT2D eigenvalue weighted by molar-refractivity contribution is -0.139. The number of carboxylic acids is 1. The highest BCUT2D eigenvalue weighted by atomic mass is 32.2. The van der Waals surface area contributed by atoms with Gasteiger partial charge in [-0.15, -0.1) is 0 Å². The van der Waals surface area contributed by atoms with E-state index in [4.69, 9.17) is 23.7 Å². The van der Waals surface area contributed by atoms with E-state index >= 15 is 0 Å². The summed E-state index contributed by atoms with van der Waals surface area (Å²) in [4.78, 5) is 25.2. The van der Waals surface area contributed by atoms with Crippen molar-refractivity contribution in [2.24, 2.45) is 0 Å². The van der Waals surface area contributed by atoms with E-state index in [1.807, 2.05) is 48.5 Å². The van der Waals surface area contributed by atoms with Crippen LogP contribution in [0.2, 0.25) is 0 Å². The van der Waals surface area contributed by atoms with Crippen molar-refractivity contribution in [2.45, 2.75) is 36.4 Å². The number of carbonyl (C=O) groups excluding carboxylic acids is 1. The highest BCUT2D eigenvalue weighted by Crippen LogP contribution is 2.44. The first kappa shape index (κ1) is 38.7. The first-order chi connectivity index (χ1) is 26.6. The topological polar surface area (TPSA) is 150 Å². The van der Waals surface area contributed by atoms with Crippen LogP contribution in [-0.4, -0.2) is 71.0 Å². The van der Waals surface area contributed by atoms with Crippen molar-refractivity contribution in [2.75, 3.05) is 35.0 Å². The third-order valence-electron chi connectivity index (χ3n) is 9.62. The average Bonchev–Trinajstić information content (AvgIpc) is 3.53. The molecule has 55 heavy (non-hydrogen) atoms. The number of fused-ring (bicyclic) bond motifs is 3. The van der Waals surface area contributed by atoms with Crippen LogP contribution in [0, 0.1) is 0 Å². The Morgan fingerprint density at radius 1 is 0.709 bits per heavy atom. The van der Waals surface area contributed by atoms with E-state index in [0.717, 1.165) is 22.3 Å². The average molecular weight is 767 g/mol. The predicted octanol–water partition coefficient (Wildman–Crippen LogP) is 6.65. The van der Waals surface area contributed by atoms with Gasteiger partial charge in [0.05, 0.1) is 33.3 Å². The van der Waals surface area contributed by atoms with Gasteiger partial charge in [-0.05, 0) is 52.1 Å². The zero-order valence-electron chi connectivity index (χ0n) is 30.9. The molecular formula is C42H42N2O10S. The fourth-order valence-corrected chi connectivity index (χ4v) is 8.13. The molecule has 0 heterocycles. The normalized spacial score (nSPS) is 12.7. The van der Waals surface area contributed by atoms with E-state index in [-0.39, 0.29) is 36.9 Å². The Balaban J connectivity index is 1.18. The standard InChI is InChI=1S/C42H42N2O10S/c1-50-30-17-15-28(39(22-30)52-3)24-44(25-29-16-18-31(51-2)23-40(29)53-4)55(48,49)32-19-13-27(14-20-32)21-38(41(45)46)43-42(47)54-26-37-35-11-7-5-9-33(35)34-10-6-8-12-36(34)37/h5-20,22-23,37-38H,21,24-26H2,1-4H3,(H,43,47)(H,45,46)/t38-/m0/s1. The molecule has 0 fully saturated rings. The lowest BCUT2D eigenvalue weighted by Crippen LogP contribution is -2.42. The van der Waals surface area contributed by atoms with Gasteiger partial charge in [-0.25, -0.2) is 18.0 Å². The predicted molar refractivity (Wildman–Crippen MR) is 205 cm³/mol. The van der Waals surface area contributed by atoms with E-state index in [2.05, 4.69) is 5.32 Å². The van der Waals surface area contributed by atoms with Gasteiger partial charge in [0.25, 0.3) is 0 Å². The van der Waals surface area contributed by atoms with E-state index in [1.54, 1.807) is 36.4 Å². The first-order valence-corrected chi connectivity index (χ1v) is 18.9. The number of amides is 1. The van der Waals surface area contributed by atoms with Gasteiger partial charge in [-0.1, -0.05) is 72.8 Å². The van der Waals surface area contributed by atoms with Gasteiger partial charge < -0.3 is 34.1 Å². The third kappa shape index (κ3) is 8.53. The summed E-state index contributed by atoms with van der Waals surface area (Å²) in [5.41, 5.74) is 5.90. The number of methoxy groups -OCH3 is 4. The number of carboxylic acid groups (broad SMARTS) is 1. The molecule has 12 nitrogen and oxygen atoms in total. The minimum atomic E-state index is -4.16. The fraction of sp³-hybridized carbons (Fsp3) is 0.238. The van der Waals surface area contributed by atoms with Crippen molar-refractivity contribution in [1.82, 2.24) is 9.62 Å². The number of alkyl carbamates (subject to hydrolysis) is 1. The van der Waals surface area contributed by atoms with Crippen LogP contribution < -0.4 is 24.3 Å². The molecule has 13 heteroatoms. The van der Waals surface area contributed by atoms with Crippen molar-refractivity contribution in [3.63, 3.8) is 0 Å². The van der Waals surface area contributed by atoms with Crippen LogP contribution in [-0.2, 0) is 39.1 Å². The zero-order chi connectivity index (χ0) is 39.1. The first-order valence-electron chi connectivity index (χ1n) is 17.4. The van der Waals surface area contributed by atoms with E-state index in [1.165, 1.54) is 57.0 Å². The molecule has 1 aliphatic carbocycles. The summed E-state index contributed by atoms with van der Waals surface area (Å²) in [6.45, 7) is -0.0881. The van der Waals surface area contributed by atoms with Crippen molar-refractivity contribution in [1.29, 1.82) is 0 Å². The van der Waals surface area contributed by atoms with E-state index in [0.29, 0.717) is 39.7 Å². The summed E-state index contributed by atoms with van der Waals surface area (Å²) in [5.74, 6) is 0.538. The molecule has 1 atom stereocenters. The van der Waals surface area contributed by atoms with E-state index < -0.39 is 28.1 Å². The molecule has 0 saturated carbocycles. The van der Waals surface area contributed by atoms with Gasteiger partial charge in [-0.2, -0.15) is 4.31 Å². The molecule has 0 unspecified atom stereocenters. The minimum Gasteiger partial charge on any atom is -0.497 e. The number of hydrogen-bond donors (Lipinski definition) is 2. The van der Waals surface area contributed by atoms with Crippen molar-refractivity contribution >= 4 is 22.1 Å². The number of benzene rings is 5. The Morgan fingerprint density at radius 3 is 1.69 bits per heavy atom. The highest BCUT2D eigenvalue weighted by molar-refractivity contribution is 7.89. The smallest absolute Gasteiger partial charge is 0.407 e. The number of aliphatic carboxylic acids is 1. The van der Waals surface area contributed by atoms with Crippen molar-refractivity contribution in [3.8, 4) is 34.1 Å². The molecule has 0 aliphatic heterocycles. The highest BCUT2D eigenvalue weighted by Gasteiger charge is 2.31. The second-order valence-corrected chi connectivity index (χ2v) is 14.8. The van der Waals surface area contributed by atoms with Gasteiger partial charge in [0.2, 0.25) is 10.0 Å². The maximum absolute atomic E-state index is 14.3. The Kier molecular flexibility index (Phi) is 11.9. The second-order valence-electron chi connectivity index (χ2n) is 12.8. The molecule has 0 spiro atoms. The Labute approximate surface area is 320 Å². The van der Waals surface area contributed by atoms with Crippen LogP contribution in [0.25, 0.3) is 11.1 Å². The third-order valence-corrected chi connectivity index (χ3v) is 11.4. The molecule has 0 radical (unpaired) electrons. The van der Waals surface area contributed by atoms with Gasteiger partial charge >= 0.3 is 12.1 Å². The molecule has 5 aromatic rings. The van der Waals surface area contributed by atoms with Crippen molar-refractivity contribution in [3.05, 3.63) is 137 Å². The number of ether oxygens (including phenoxy) is 5. The quantitative estimate of drug-likeness (QED) is 0.112. The summed E-state index contributed by atoms with van der Waals surface area (Å²) in [6, 6.07) is 30.7. The molecule has 0 saturated heterocycles. The summed E-state index contributed by atoms with van der Waals surface area (Å²) < 4.78 is 57.3. The zero-order valence-corrected chi connectivity index (χ0v) is 31.7. The molecule has 5 aromatic carbocycles. The number of hydrogen-bond acceptors (Lipinski definition) is 9. The van der Waals surface area contributed by atoms with E-state index in [9.17, 15) is 23.1 Å². The molecule has 286 valence electrons. The number of nitrogens with one attached hydrogen (secondary N) is 1. The second kappa shape index (κ2) is 17.0. The molecular weight excluding hydrogens is 725 g/mol. The Hall–Kier alpha value is -6.05. The number of nitrogens with zero attached hydrogens (tertiary/aromatic N) is 1. The van der Waals surface area contributed by atoms with Gasteiger partial charge in [0.15, 0.2) is 0 Å². The summed E-state index contributed by atoms with van der Waals surface area (Å²) in [5, 5.41) is 12.5. The lowest BCUT2D eigenvalue weighted by Gasteiger charge is -2.25. The van der Waals surface area contributed by atoms with Crippen molar-refractivity contribution < 1.29 is 46.8 Å². The lowest BCUT2D eigenvalue weighted by atomic mass is 9.98. The van der Waals surface area contributed by atoms with Gasteiger partial charge in [-0.3, -0.25) is 0 Å². The summed E-state index contributed by atoms with van der Waals surface area (Å²) in [6.07, 6.45) is -0.984. The Bertz CT molecular complexity index is 2170. The number of rotatable bonds is 16. The Morgan fingerprint density at radius 2 is 1.22 bits per heavy atom. The number of sulfonamides is 1. The summed E-state index contributed by atoms with van der Waals surface area (Å²) >= 11 is 0. The van der Waals surface area contributed by atoms with Crippen LogP contribution in [0.3, 0.4) is 0 Å². The van der Waals surface area contributed by atoms with Gasteiger partial charge in [0.1, 0.15) is 35.6 Å². The molecule has 0 aromatic heterocycles. The molecule has 1 aliphatic rings. The summed E-state index contributed by atoms with van der Waals surface area (Å²) in [7, 11) is 1.88. The molecule has 1 amide bonds. The van der Waals surface area contributed by atoms with Crippen LogP contribution >= 0.6 is 0 Å². The van der Waals surface area contributed by atoms with Crippen LogP contribution in [0.5, 0.6) is 23.0 Å². The number of carbonyl (C=O) groups is 2. The maximum atomic E-state index is 14.3. The maximum Gasteiger partial charge on any atom is 0.407 e. The fourth-order valence-electron chi connectivity index (χ4n) is 6.74. The molecule has 6 rings (SSSR count). The van der Waals surface area contributed by atoms with Gasteiger partial charge in [0, 0.05) is 48.7 Å². The SMILES string of the molecule is COc1ccc(CN(Cc2ccc(OC)cc2OC)S(=O)(=O)c2ccc(C[C@H](NC(=O)OCC3c4ccccc4-c4ccccc43)C(=O)O)cc2)c(OC)c1. The largest absolute Gasteiger partial charge is 0.497 e. The molecule has 0 bridgehead atoms. The minimum absolute atomic E-state index is 0.0208. The van der Waals surface area contributed by atoms with Crippen LogP contribution in [0.1, 0.15) is 33.7 Å². The molecule has 2 N–H and O–H groups in total.